The first kappa shape index (κ1) is 17.4. The molecule has 0 bridgehead atoms. The molecule has 2 N–H and O–H groups in total. The summed E-state index contributed by atoms with van der Waals surface area (Å²) < 4.78 is 37.5. The molecule has 0 radical (unpaired) electrons. The third kappa shape index (κ3) is 3.22. The number of aryl methyl sites for hydroxylation is 1. The van der Waals surface area contributed by atoms with Crippen molar-refractivity contribution in [3.8, 4) is 0 Å². The fraction of sp³-hybridized carbons (Fsp3) is 0.143. The maximum atomic E-state index is 12.5. The number of carbonyl (C=O) groups is 1. The van der Waals surface area contributed by atoms with E-state index in [0.29, 0.717) is 16.1 Å². The van der Waals surface area contributed by atoms with Crippen molar-refractivity contribution >= 4 is 44.9 Å². The number of rotatable bonds is 2. The number of nitrogens with zero attached hydrogens (tertiary/aromatic N) is 2. The van der Waals surface area contributed by atoms with Crippen molar-refractivity contribution in [3.63, 3.8) is 0 Å². The van der Waals surface area contributed by atoms with Crippen molar-refractivity contribution in [3.05, 3.63) is 49.7 Å². The molecule has 0 spiro atoms. The number of carbonyl (C=O) groups excluding carboxylic acids is 1. The Bertz CT molecular complexity index is 1040. The zero-order valence-corrected chi connectivity index (χ0v) is 13.9. The number of amides is 1. The van der Waals surface area contributed by atoms with Crippen molar-refractivity contribution < 1.29 is 18.0 Å². The zero-order valence-electron chi connectivity index (χ0n) is 12.4. The summed E-state index contributed by atoms with van der Waals surface area (Å²) >= 11 is 6.15. The van der Waals surface area contributed by atoms with Gasteiger partial charge in [-0.25, -0.2) is 0 Å². The highest BCUT2D eigenvalue weighted by Gasteiger charge is 2.35. The van der Waals surface area contributed by atoms with Gasteiger partial charge < -0.3 is 4.98 Å². The Morgan fingerprint density at radius 3 is 2.68 bits per heavy atom. The van der Waals surface area contributed by atoms with Crippen LogP contribution >= 0.6 is 22.9 Å². The van der Waals surface area contributed by atoms with E-state index >= 15 is 0 Å². The number of hydrogen-bond acceptors (Lipinski definition) is 5. The van der Waals surface area contributed by atoms with Gasteiger partial charge in [0, 0.05) is 16.6 Å². The largest absolute Gasteiger partial charge is 0.445 e. The molecule has 0 aliphatic rings. The fourth-order valence-electron chi connectivity index (χ4n) is 2.14. The molecule has 0 aliphatic heterocycles. The predicted molar refractivity (Wildman–Crippen MR) is 87.2 cm³/mol. The molecule has 1 aromatic carbocycles. The number of benzene rings is 1. The van der Waals surface area contributed by atoms with Gasteiger partial charge in [0.2, 0.25) is 15.6 Å². The molecule has 0 aliphatic carbocycles. The van der Waals surface area contributed by atoms with Crippen LogP contribution in [0, 0.1) is 6.92 Å². The number of fused-ring (bicyclic) bond motifs is 1. The summed E-state index contributed by atoms with van der Waals surface area (Å²) in [7, 11) is 0. The highest BCUT2D eigenvalue weighted by atomic mass is 35.5. The molecule has 3 rings (SSSR count). The van der Waals surface area contributed by atoms with Gasteiger partial charge in [0.05, 0.1) is 5.52 Å². The lowest BCUT2D eigenvalue weighted by molar-refractivity contribution is -0.138. The molecule has 6 nitrogen and oxygen atoms in total. The average molecular weight is 389 g/mol. The molecule has 0 saturated carbocycles. The Hall–Kier alpha value is -2.46. The third-order valence-electron chi connectivity index (χ3n) is 3.38. The molecule has 3 aromatic rings. The van der Waals surface area contributed by atoms with E-state index in [1.165, 1.54) is 18.3 Å². The van der Waals surface area contributed by atoms with Crippen LogP contribution in [0.1, 0.15) is 20.9 Å². The highest BCUT2D eigenvalue weighted by molar-refractivity contribution is 7.15. The number of hydrogen-bond donors (Lipinski definition) is 2. The number of alkyl halides is 3. The summed E-state index contributed by atoms with van der Waals surface area (Å²) in [4.78, 5) is 27.4. The zero-order chi connectivity index (χ0) is 18.4. The van der Waals surface area contributed by atoms with Gasteiger partial charge in [-0.2, -0.15) is 13.2 Å². The lowest BCUT2D eigenvalue weighted by atomic mass is 10.1. The number of aromatic nitrogens is 3. The lowest BCUT2D eigenvalue weighted by Crippen LogP contribution is -2.22. The predicted octanol–water partition coefficient (Wildman–Crippen LogP) is 3.61. The van der Waals surface area contributed by atoms with Gasteiger partial charge in [-0.1, -0.05) is 22.9 Å². The normalized spacial score (nSPS) is 11.7. The molecule has 25 heavy (non-hydrogen) atoms. The number of pyridine rings is 1. The SMILES string of the molecule is Cc1c(Cl)ccc2c(=O)c(C(=O)Nc3nnc(C(F)(F)F)s3)c[nH]c12. The van der Waals surface area contributed by atoms with Crippen LogP contribution in [0.4, 0.5) is 18.3 Å². The van der Waals surface area contributed by atoms with Crippen LogP contribution in [0.2, 0.25) is 5.02 Å². The van der Waals surface area contributed by atoms with Crippen molar-refractivity contribution in [1.29, 1.82) is 0 Å². The van der Waals surface area contributed by atoms with Gasteiger partial charge in [0.15, 0.2) is 0 Å². The fourth-order valence-corrected chi connectivity index (χ4v) is 2.90. The van der Waals surface area contributed by atoms with Gasteiger partial charge in [0.1, 0.15) is 5.56 Å². The van der Waals surface area contributed by atoms with Gasteiger partial charge in [-0.3, -0.25) is 14.9 Å². The van der Waals surface area contributed by atoms with Crippen LogP contribution in [-0.2, 0) is 6.18 Å². The minimum absolute atomic E-state index is 0.168. The Balaban J connectivity index is 1.95. The summed E-state index contributed by atoms with van der Waals surface area (Å²) in [6.45, 7) is 1.71. The second kappa shape index (κ2) is 6.12. The first-order chi connectivity index (χ1) is 11.7. The third-order valence-corrected chi connectivity index (χ3v) is 4.67. The number of anilines is 1. The first-order valence-electron chi connectivity index (χ1n) is 6.71. The summed E-state index contributed by atoms with van der Waals surface area (Å²) in [5.74, 6) is -0.888. The second-order valence-corrected chi connectivity index (χ2v) is 6.38. The molecule has 130 valence electrons. The standard InChI is InChI=1S/C14H8ClF3N4O2S/c1-5-8(15)3-2-6-9(5)19-4-7(10(6)23)11(24)20-13-22-21-12(25-13)14(16,17)18/h2-4H,1H3,(H,19,23)(H,20,22,24). The number of halogens is 4. The molecule has 0 saturated heterocycles. The van der Waals surface area contributed by atoms with E-state index in [1.807, 2.05) is 0 Å². The lowest BCUT2D eigenvalue weighted by Gasteiger charge is -2.06. The summed E-state index contributed by atoms with van der Waals surface area (Å²) in [5, 5.41) is 7.49. The molecule has 0 atom stereocenters. The molecule has 0 unspecified atom stereocenters. The number of nitrogens with one attached hydrogen (secondary N) is 2. The Morgan fingerprint density at radius 1 is 1.32 bits per heavy atom. The van der Waals surface area contributed by atoms with E-state index in [4.69, 9.17) is 11.6 Å². The van der Waals surface area contributed by atoms with Gasteiger partial charge in [-0.15, -0.1) is 10.2 Å². The summed E-state index contributed by atoms with van der Waals surface area (Å²) in [6.07, 6.45) is -3.48. The first-order valence-corrected chi connectivity index (χ1v) is 7.90. The quantitative estimate of drug-likeness (QED) is 0.702. The minimum Gasteiger partial charge on any atom is -0.360 e. The van der Waals surface area contributed by atoms with Crippen LogP contribution in [0.25, 0.3) is 10.9 Å². The maximum absolute atomic E-state index is 12.5. The summed E-state index contributed by atoms with van der Waals surface area (Å²) in [5.41, 5.74) is 0.274. The van der Waals surface area contributed by atoms with Crippen molar-refractivity contribution in [1.82, 2.24) is 15.2 Å². The van der Waals surface area contributed by atoms with Crippen molar-refractivity contribution in [2.24, 2.45) is 0 Å². The van der Waals surface area contributed by atoms with E-state index in [0.717, 1.165) is 0 Å². The Labute approximate surface area is 146 Å². The molecule has 1 amide bonds. The smallest absolute Gasteiger partial charge is 0.360 e. The van der Waals surface area contributed by atoms with Crippen molar-refractivity contribution in [2.45, 2.75) is 13.1 Å². The topological polar surface area (TPSA) is 87.7 Å². The minimum atomic E-state index is -4.65. The van der Waals surface area contributed by atoms with E-state index in [2.05, 4.69) is 20.5 Å². The van der Waals surface area contributed by atoms with Gasteiger partial charge in [-0.05, 0) is 24.6 Å². The molecular weight excluding hydrogens is 381 g/mol. The Kier molecular flexibility index (Phi) is 4.25. The highest BCUT2D eigenvalue weighted by Crippen LogP contribution is 2.33. The molecule has 11 heteroatoms. The number of aromatic amines is 1. The van der Waals surface area contributed by atoms with Crippen LogP contribution in [0.15, 0.2) is 23.1 Å². The molecular formula is C14H8ClF3N4O2S. The van der Waals surface area contributed by atoms with Crippen LogP contribution in [0.3, 0.4) is 0 Å². The molecule has 0 fully saturated rings. The molecule has 2 aromatic heterocycles. The van der Waals surface area contributed by atoms with Crippen LogP contribution in [-0.4, -0.2) is 21.1 Å². The monoisotopic (exact) mass is 388 g/mol. The average Bonchev–Trinajstić information content (AvgIpc) is 3.00. The van der Waals surface area contributed by atoms with Gasteiger partial charge >= 0.3 is 6.18 Å². The second-order valence-electron chi connectivity index (χ2n) is 4.99. The van der Waals surface area contributed by atoms with E-state index in [-0.39, 0.29) is 27.4 Å². The summed E-state index contributed by atoms with van der Waals surface area (Å²) in [6, 6.07) is 2.99. The van der Waals surface area contributed by atoms with Gasteiger partial charge in [0.25, 0.3) is 5.91 Å². The van der Waals surface area contributed by atoms with E-state index in [9.17, 15) is 22.8 Å². The van der Waals surface area contributed by atoms with E-state index < -0.39 is 22.5 Å². The number of H-pyrrole nitrogens is 1. The maximum Gasteiger partial charge on any atom is 0.445 e. The van der Waals surface area contributed by atoms with Crippen molar-refractivity contribution in [2.75, 3.05) is 5.32 Å². The Morgan fingerprint density at radius 2 is 2.04 bits per heavy atom. The molecule has 2 heterocycles. The van der Waals surface area contributed by atoms with E-state index in [1.54, 1.807) is 6.92 Å². The van der Waals surface area contributed by atoms with Crippen LogP contribution < -0.4 is 10.7 Å². The van der Waals surface area contributed by atoms with Crippen LogP contribution in [0.5, 0.6) is 0 Å².